The van der Waals surface area contributed by atoms with E-state index in [4.69, 9.17) is 4.74 Å². The quantitative estimate of drug-likeness (QED) is 0.376. The number of anilines is 1. The number of hydrogen-bond donors (Lipinski definition) is 0. The molecule has 0 N–H and O–H groups in total. The van der Waals surface area contributed by atoms with Crippen LogP contribution in [0.15, 0.2) is 53.9 Å². The van der Waals surface area contributed by atoms with Crippen LogP contribution in [0.1, 0.15) is 35.2 Å². The normalized spacial score (nSPS) is 15.7. The first kappa shape index (κ1) is 23.0. The predicted octanol–water partition coefficient (Wildman–Crippen LogP) is 2.80. The number of ether oxygens (including phenoxy) is 1. The van der Waals surface area contributed by atoms with Crippen LogP contribution in [0, 0.1) is 6.92 Å². The number of aryl methyl sites for hydroxylation is 2. The average molecular weight is 495 g/mol. The molecule has 35 heavy (non-hydrogen) atoms. The highest BCUT2D eigenvalue weighted by Gasteiger charge is 2.28. The minimum Gasteiger partial charge on any atom is -0.461 e. The molecule has 3 aromatic heterocycles. The van der Waals surface area contributed by atoms with Gasteiger partial charge in [0.05, 0.1) is 16.9 Å². The van der Waals surface area contributed by atoms with Gasteiger partial charge in [0, 0.05) is 38.4 Å². The van der Waals surface area contributed by atoms with Gasteiger partial charge in [-0.3, -0.25) is 0 Å². The number of likely N-dealkylation sites (N-methyl/N-ethyl adjacent to an activating group) is 1. The second-order valence-corrected chi connectivity index (χ2v) is 10.4. The number of esters is 1. The Morgan fingerprint density at radius 2 is 1.97 bits per heavy atom. The second-order valence-electron chi connectivity index (χ2n) is 8.58. The van der Waals surface area contributed by atoms with Gasteiger partial charge in [0.15, 0.2) is 11.3 Å². The zero-order valence-corrected chi connectivity index (χ0v) is 20.6. The van der Waals surface area contributed by atoms with Crippen LogP contribution in [0.25, 0.3) is 11.0 Å². The summed E-state index contributed by atoms with van der Waals surface area (Å²) >= 11 is 0. The maximum absolute atomic E-state index is 13.3. The highest BCUT2D eigenvalue weighted by Crippen LogP contribution is 2.30. The van der Waals surface area contributed by atoms with Crippen molar-refractivity contribution in [3.8, 4) is 0 Å². The molecular weight excluding hydrogens is 468 g/mol. The van der Waals surface area contributed by atoms with Crippen molar-refractivity contribution in [1.29, 1.82) is 0 Å². The topological polar surface area (TPSA) is 112 Å². The van der Waals surface area contributed by atoms with E-state index in [1.807, 2.05) is 23.4 Å². The Balaban J connectivity index is 1.45. The summed E-state index contributed by atoms with van der Waals surface area (Å²) in [5.74, 6) is 1.03. The fourth-order valence-electron chi connectivity index (χ4n) is 4.43. The molecule has 0 amide bonds. The van der Waals surface area contributed by atoms with E-state index >= 15 is 0 Å². The maximum Gasteiger partial charge on any atom is 0.358 e. The van der Waals surface area contributed by atoms with Crippen molar-refractivity contribution in [3.63, 3.8) is 0 Å². The van der Waals surface area contributed by atoms with Gasteiger partial charge < -0.3 is 14.2 Å². The molecule has 0 spiro atoms. The minimum atomic E-state index is -3.81. The first-order valence-electron chi connectivity index (χ1n) is 11.4. The molecule has 0 radical (unpaired) electrons. The summed E-state index contributed by atoms with van der Waals surface area (Å²) in [5, 5.41) is 0.645. The van der Waals surface area contributed by atoms with Gasteiger partial charge in [-0.05, 0) is 38.5 Å². The van der Waals surface area contributed by atoms with Gasteiger partial charge in [-0.15, -0.1) is 0 Å². The molecule has 0 saturated carbocycles. The van der Waals surface area contributed by atoms with Gasteiger partial charge in [-0.2, -0.15) is 0 Å². The van der Waals surface area contributed by atoms with Crippen molar-refractivity contribution < 1.29 is 17.9 Å². The van der Waals surface area contributed by atoms with Crippen LogP contribution in [-0.2, 0) is 27.7 Å². The fourth-order valence-corrected chi connectivity index (χ4v) is 5.73. The van der Waals surface area contributed by atoms with Crippen LogP contribution >= 0.6 is 0 Å². The smallest absolute Gasteiger partial charge is 0.358 e. The van der Waals surface area contributed by atoms with Crippen LogP contribution < -0.4 is 4.90 Å². The zero-order valence-electron chi connectivity index (χ0n) is 19.7. The van der Waals surface area contributed by atoms with Crippen LogP contribution in [0.4, 0.5) is 5.82 Å². The highest BCUT2D eigenvalue weighted by atomic mass is 32.2. The van der Waals surface area contributed by atoms with E-state index in [1.165, 1.54) is 16.5 Å². The Morgan fingerprint density at radius 1 is 1.20 bits per heavy atom. The first-order valence-corrected chi connectivity index (χ1v) is 12.8. The summed E-state index contributed by atoms with van der Waals surface area (Å²) in [6.07, 6.45) is 6.07. The van der Waals surface area contributed by atoms with Crippen molar-refractivity contribution in [2.75, 3.05) is 18.6 Å². The number of fused-ring (bicyclic) bond motifs is 2. The van der Waals surface area contributed by atoms with Crippen LogP contribution in [-0.4, -0.2) is 57.6 Å². The van der Waals surface area contributed by atoms with Gasteiger partial charge in [0.1, 0.15) is 18.0 Å². The molecule has 1 unspecified atom stereocenters. The van der Waals surface area contributed by atoms with Crippen LogP contribution in [0.5, 0.6) is 0 Å². The molecule has 0 saturated heterocycles. The summed E-state index contributed by atoms with van der Waals surface area (Å²) in [7, 11) is -1.87. The Morgan fingerprint density at radius 3 is 2.71 bits per heavy atom. The number of carbonyl (C=O) groups is 1. The molecule has 4 heterocycles. The van der Waals surface area contributed by atoms with E-state index in [0.717, 1.165) is 17.8 Å². The summed E-state index contributed by atoms with van der Waals surface area (Å²) in [5.41, 5.74) is 1.62. The van der Waals surface area contributed by atoms with E-state index in [-0.39, 0.29) is 10.9 Å². The van der Waals surface area contributed by atoms with E-state index in [2.05, 4.69) is 15.0 Å². The summed E-state index contributed by atoms with van der Waals surface area (Å²) in [4.78, 5) is 27.6. The Hall–Kier alpha value is -3.73. The molecule has 1 aliphatic heterocycles. The highest BCUT2D eigenvalue weighted by molar-refractivity contribution is 7.90. The fraction of sp³-hybridized carbons (Fsp3) is 0.333. The summed E-state index contributed by atoms with van der Waals surface area (Å²) in [6, 6.07) is 8.53. The molecule has 1 aromatic carbocycles. The first-order chi connectivity index (χ1) is 16.8. The monoisotopic (exact) mass is 494 g/mol. The van der Waals surface area contributed by atoms with Gasteiger partial charge >= 0.3 is 5.97 Å². The molecule has 182 valence electrons. The summed E-state index contributed by atoms with van der Waals surface area (Å²) in [6.45, 7) is 4.68. The third-order valence-electron chi connectivity index (χ3n) is 6.35. The predicted molar refractivity (Wildman–Crippen MR) is 130 cm³/mol. The largest absolute Gasteiger partial charge is 0.461 e. The number of nitrogens with zero attached hydrogens (tertiary/aromatic N) is 6. The Labute approximate surface area is 203 Å². The molecule has 1 atom stereocenters. The van der Waals surface area contributed by atoms with Crippen LogP contribution in [0.2, 0.25) is 0 Å². The van der Waals surface area contributed by atoms with Crippen LogP contribution in [0.3, 0.4) is 0 Å². The molecule has 10 nitrogen and oxygen atoms in total. The van der Waals surface area contributed by atoms with Crippen molar-refractivity contribution >= 4 is 32.8 Å². The lowest BCUT2D eigenvalue weighted by Gasteiger charge is -2.32. The van der Waals surface area contributed by atoms with E-state index < -0.39 is 16.0 Å². The lowest BCUT2D eigenvalue weighted by molar-refractivity contribution is 0.0520. The van der Waals surface area contributed by atoms with Crippen molar-refractivity contribution in [2.45, 2.75) is 44.2 Å². The Kier molecular flexibility index (Phi) is 5.79. The average Bonchev–Trinajstić information content (AvgIpc) is 3.48. The van der Waals surface area contributed by atoms with Crippen molar-refractivity contribution in [2.24, 2.45) is 0 Å². The molecule has 4 aromatic rings. The molecule has 1 aliphatic rings. The number of aromatic nitrogens is 5. The third kappa shape index (κ3) is 4.05. The molecule has 0 fully saturated rings. The molecule has 11 heteroatoms. The number of imidazole rings is 1. The standard InChI is InChI=1S/C24H26N6O4S/c1-4-34-24(31)20-14-29-11-9-17(13-21(29)27-20)28(3)22-19-10-12-30(23(19)26-15-25-22)35(32,33)18-7-5-16(2)6-8-18/h5-8,10,12,14-15,17H,4,9,11,13H2,1-3H3. The minimum absolute atomic E-state index is 0.0649. The lowest BCUT2D eigenvalue weighted by atomic mass is 10.0. The molecule has 5 rings (SSSR count). The molecule has 0 aliphatic carbocycles. The maximum atomic E-state index is 13.3. The van der Waals surface area contributed by atoms with E-state index in [9.17, 15) is 13.2 Å². The van der Waals surface area contributed by atoms with Gasteiger partial charge in [-0.1, -0.05) is 17.7 Å². The Bertz CT molecular complexity index is 1510. The SMILES string of the molecule is CCOC(=O)c1cn2c(n1)CC(N(C)c1ncnc3c1ccn3S(=O)(=O)c1ccc(C)cc1)CC2. The molecule has 0 bridgehead atoms. The lowest BCUT2D eigenvalue weighted by Crippen LogP contribution is -2.38. The van der Waals surface area contributed by atoms with Gasteiger partial charge in [0.2, 0.25) is 0 Å². The second kappa shape index (κ2) is 8.81. The number of carbonyl (C=O) groups excluding carboxylic acids is 1. The number of rotatable bonds is 6. The number of benzene rings is 1. The summed E-state index contributed by atoms with van der Waals surface area (Å²) < 4.78 is 34.8. The molecular formula is C24H26N6O4S. The van der Waals surface area contributed by atoms with E-state index in [1.54, 1.807) is 43.5 Å². The van der Waals surface area contributed by atoms with Crippen molar-refractivity contribution in [3.05, 3.63) is 66.1 Å². The van der Waals surface area contributed by atoms with E-state index in [0.29, 0.717) is 42.1 Å². The van der Waals surface area contributed by atoms with Gasteiger partial charge in [-0.25, -0.2) is 32.1 Å². The van der Waals surface area contributed by atoms with Gasteiger partial charge in [0.25, 0.3) is 10.0 Å². The third-order valence-corrected chi connectivity index (χ3v) is 8.03. The van der Waals surface area contributed by atoms with Crippen molar-refractivity contribution in [1.82, 2.24) is 23.5 Å². The number of hydrogen-bond acceptors (Lipinski definition) is 8. The zero-order chi connectivity index (χ0) is 24.7.